The number of halogens is 2. The number of nitrogens with zero attached hydrogens (tertiary/aromatic N) is 1. The average Bonchev–Trinajstić information content (AvgIpc) is 2.98. The first-order chi connectivity index (χ1) is 11.6. The van der Waals surface area contributed by atoms with E-state index in [1.807, 2.05) is 0 Å². The lowest BCUT2D eigenvalue weighted by molar-refractivity contribution is -0.118. The van der Waals surface area contributed by atoms with Crippen LogP contribution < -0.4 is 10.2 Å². The zero-order valence-electron chi connectivity index (χ0n) is 13.2. The van der Waals surface area contributed by atoms with Crippen LogP contribution in [0.5, 0.6) is 0 Å². The molecule has 1 saturated heterocycles. The minimum Gasteiger partial charge on any atom is -0.392 e. The fraction of sp³-hybridized carbons (Fsp3) is 0.278. The maximum Gasteiger partial charge on any atom is 0.244 e. The number of carbonyl (C=O) groups is 1. The molecule has 0 saturated carbocycles. The standard InChI is InChI=1S/C18H18F2N2O2/c1-21-14-8-9-22(18(14)24)15-7-6-13(16(19)17(15)20)12-5-3-2-4-11(12)10-23/h2-7,14,21,23H,8-10H2,1H3. The van der Waals surface area contributed by atoms with Crippen LogP contribution >= 0.6 is 0 Å². The van der Waals surface area contributed by atoms with Crippen molar-refractivity contribution < 1.29 is 18.7 Å². The number of benzene rings is 2. The monoisotopic (exact) mass is 332 g/mol. The summed E-state index contributed by atoms with van der Waals surface area (Å²) in [5.74, 6) is -2.33. The number of nitrogens with one attached hydrogen (secondary N) is 1. The average molecular weight is 332 g/mol. The molecule has 0 aromatic heterocycles. The Morgan fingerprint density at radius 2 is 1.92 bits per heavy atom. The molecule has 2 aromatic rings. The van der Waals surface area contributed by atoms with Crippen LogP contribution in [0.2, 0.25) is 0 Å². The summed E-state index contributed by atoms with van der Waals surface area (Å²) >= 11 is 0. The van der Waals surface area contributed by atoms with Gasteiger partial charge in [0.25, 0.3) is 0 Å². The highest BCUT2D eigenvalue weighted by Crippen LogP contribution is 2.33. The van der Waals surface area contributed by atoms with Gasteiger partial charge in [0, 0.05) is 12.1 Å². The second kappa shape index (κ2) is 6.67. The van der Waals surface area contributed by atoms with Gasteiger partial charge in [-0.05, 0) is 36.7 Å². The van der Waals surface area contributed by atoms with Crippen molar-refractivity contribution in [1.82, 2.24) is 5.32 Å². The van der Waals surface area contributed by atoms with Crippen molar-refractivity contribution >= 4 is 11.6 Å². The van der Waals surface area contributed by atoms with Crippen LogP contribution in [0.1, 0.15) is 12.0 Å². The summed E-state index contributed by atoms with van der Waals surface area (Å²) in [6.07, 6.45) is 0.547. The van der Waals surface area contributed by atoms with Crippen LogP contribution in [-0.2, 0) is 11.4 Å². The molecule has 1 amide bonds. The number of aliphatic hydroxyl groups is 1. The van der Waals surface area contributed by atoms with Gasteiger partial charge in [0.15, 0.2) is 11.6 Å². The van der Waals surface area contributed by atoms with E-state index in [1.54, 1.807) is 31.3 Å². The molecule has 4 nitrogen and oxygen atoms in total. The van der Waals surface area contributed by atoms with Crippen molar-refractivity contribution in [3.05, 3.63) is 53.6 Å². The Bertz CT molecular complexity index is 780. The van der Waals surface area contributed by atoms with Gasteiger partial charge in [0.2, 0.25) is 5.91 Å². The Morgan fingerprint density at radius 3 is 2.58 bits per heavy atom. The predicted molar refractivity (Wildman–Crippen MR) is 87.5 cm³/mol. The number of likely N-dealkylation sites (N-methyl/N-ethyl adjacent to an activating group) is 1. The first-order valence-corrected chi connectivity index (χ1v) is 7.74. The lowest BCUT2D eigenvalue weighted by Gasteiger charge is -2.19. The van der Waals surface area contributed by atoms with Crippen LogP contribution in [0.3, 0.4) is 0 Å². The van der Waals surface area contributed by atoms with Gasteiger partial charge >= 0.3 is 0 Å². The van der Waals surface area contributed by atoms with E-state index in [0.29, 0.717) is 24.1 Å². The van der Waals surface area contributed by atoms with Gasteiger partial charge in [-0.25, -0.2) is 8.78 Å². The topological polar surface area (TPSA) is 52.6 Å². The third-order valence-electron chi connectivity index (χ3n) is 4.38. The van der Waals surface area contributed by atoms with Crippen molar-refractivity contribution in [3.8, 4) is 11.1 Å². The molecule has 1 fully saturated rings. The van der Waals surface area contributed by atoms with E-state index in [4.69, 9.17) is 0 Å². The molecule has 0 aliphatic carbocycles. The van der Waals surface area contributed by atoms with E-state index in [2.05, 4.69) is 5.32 Å². The highest BCUT2D eigenvalue weighted by atomic mass is 19.2. The Kier molecular flexibility index (Phi) is 4.59. The largest absolute Gasteiger partial charge is 0.392 e. The third-order valence-corrected chi connectivity index (χ3v) is 4.38. The molecule has 2 aromatic carbocycles. The number of anilines is 1. The highest BCUT2D eigenvalue weighted by molar-refractivity contribution is 5.99. The van der Waals surface area contributed by atoms with Crippen LogP contribution in [0.4, 0.5) is 14.5 Å². The minimum absolute atomic E-state index is 0.0551. The summed E-state index contributed by atoms with van der Waals surface area (Å²) in [5.41, 5.74) is 0.957. The van der Waals surface area contributed by atoms with Crippen LogP contribution in [0.25, 0.3) is 11.1 Å². The first kappa shape index (κ1) is 16.5. The predicted octanol–water partition coefficient (Wildman–Crippen LogP) is 2.45. The molecule has 0 bridgehead atoms. The third kappa shape index (κ3) is 2.68. The summed E-state index contributed by atoms with van der Waals surface area (Å²) in [6, 6.07) is 9.19. The van der Waals surface area contributed by atoms with Gasteiger partial charge in [0.1, 0.15) is 0 Å². The Balaban J connectivity index is 2.03. The molecule has 3 rings (SSSR count). The second-order valence-corrected chi connectivity index (χ2v) is 5.70. The molecule has 1 aliphatic heterocycles. The zero-order valence-corrected chi connectivity index (χ0v) is 13.2. The molecular formula is C18H18F2N2O2. The number of hydrogen-bond acceptors (Lipinski definition) is 3. The van der Waals surface area contributed by atoms with Crippen molar-refractivity contribution in [2.24, 2.45) is 0 Å². The first-order valence-electron chi connectivity index (χ1n) is 7.74. The zero-order chi connectivity index (χ0) is 17.3. The Hall–Kier alpha value is -2.31. The second-order valence-electron chi connectivity index (χ2n) is 5.70. The highest BCUT2D eigenvalue weighted by Gasteiger charge is 2.33. The molecule has 1 aliphatic rings. The molecule has 0 spiro atoms. The summed E-state index contributed by atoms with van der Waals surface area (Å²) < 4.78 is 29.2. The van der Waals surface area contributed by atoms with Crippen molar-refractivity contribution in [2.45, 2.75) is 19.1 Å². The maximum atomic E-state index is 14.6. The minimum atomic E-state index is -1.05. The van der Waals surface area contributed by atoms with Gasteiger partial charge in [-0.3, -0.25) is 4.79 Å². The van der Waals surface area contributed by atoms with E-state index in [9.17, 15) is 18.7 Å². The molecule has 0 radical (unpaired) electrons. The maximum absolute atomic E-state index is 14.6. The smallest absolute Gasteiger partial charge is 0.244 e. The molecule has 1 heterocycles. The van der Waals surface area contributed by atoms with Gasteiger partial charge in [-0.2, -0.15) is 0 Å². The number of rotatable bonds is 4. The van der Waals surface area contributed by atoms with E-state index in [1.165, 1.54) is 17.0 Å². The molecular weight excluding hydrogens is 314 g/mol. The molecule has 126 valence electrons. The van der Waals surface area contributed by atoms with Crippen LogP contribution in [0.15, 0.2) is 36.4 Å². The summed E-state index contributed by atoms with van der Waals surface area (Å²) in [6.45, 7) is 0.0702. The van der Waals surface area contributed by atoms with Gasteiger partial charge < -0.3 is 15.3 Å². The number of carbonyl (C=O) groups excluding carboxylic acids is 1. The normalized spacial score (nSPS) is 17.6. The lowest BCUT2D eigenvalue weighted by atomic mass is 9.99. The van der Waals surface area contributed by atoms with Gasteiger partial charge in [-0.1, -0.05) is 24.3 Å². The fourth-order valence-electron chi connectivity index (χ4n) is 3.06. The molecule has 1 unspecified atom stereocenters. The van der Waals surface area contributed by atoms with Gasteiger partial charge in [0.05, 0.1) is 18.3 Å². The van der Waals surface area contributed by atoms with E-state index in [-0.39, 0.29) is 29.8 Å². The summed E-state index contributed by atoms with van der Waals surface area (Å²) in [4.78, 5) is 13.5. The van der Waals surface area contributed by atoms with E-state index >= 15 is 0 Å². The van der Waals surface area contributed by atoms with E-state index < -0.39 is 11.6 Å². The number of amides is 1. The van der Waals surface area contributed by atoms with E-state index in [0.717, 1.165) is 0 Å². The molecule has 1 atom stereocenters. The van der Waals surface area contributed by atoms with Crippen molar-refractivity contribution in [1.29, 1.82) is 0 Å². The Morgan fingerprint density at radius 1 is 1.17 bits per heavy atom. The number of aliphatic hydroxyl groups excluding tert-OH is 1. The van der Waals surface area contributed by atoms with Crippen LogP contribution in [-0.4, -0.2) is 30.6 Å². The SMILES string of the molecule is CNC1CCN(c2ccc(-c3ccccc3CO)c(F)c2F)C1=O. The summed E-state index contributed by atoms with van der Waals surface area (Å²) in [7, 11) is 1.66. The number of hydrogen-bond donors (Lipinski definition) is 2. The quantitative estimate of drug-likeness (QED) is 0.904. The fourth-order valence-corrected chi connectivity index (χ4v) is 3.06. The van der Waals surface area contributed by atoms with Crippen molar-refractivity contribution in [2.75, 3.05) is 18.5 Å². The lowest BCUT2D eigenvalue weighted by Crippen LogP contribution is -2.36. The molecule has 6 heteroatoms. The Labute approximate surface area is 138 Å². The molecule has 2 N–H and O–H groups in total. The summed E-state index contributed by atoms with van der Waals surface area (Å²) in [5, 5.41) is 12.2. The van der Waals surface area contributed by atoms with Crippen LogP contribution in [0, 0.1) is 11.6 Å². The molecule has 24 heavy (non-hydrogen) atoms. The van der Waals surface area contributed by atoms with Gasteiger partial charge in [-0.15, -0.1) is 0 Å². The van der Waals surface area contributed by atoms with Crippen molar-refractivity contribution in [3.63, 3.8) is 0 Å².